The average molecular weight is 435 g/mol. The van der Waals surface area contributed by atoms with E-state index in [1.165, 1.54) is 18.4 Å². The highest BCUT2D eigenvalue weighted by Crippen LogP contribution is 2.73. The molecule has 0 radical (unpaired) electrons. The molecule has 1 aromatic rings. The normalized spacial score (nSPS) is 49.1. The third kappa shape index (κ3) is 2.76. The van der Waals surface area contributed by atoms with Gasteiger partial charge < -0.3 is 9.84 Å². The molecule has 3 nitrogen and oxygen atoms in total. The molecule has 1 spiro atoms. The number of aliphatic hydroxyl groups excluding tert-OH is 1. The second-order valence-corrected chi connectivity index (χ2v) is 12.2. The Bertz CT molecular complexity index is 967. The van der Waals surface area contributed by atoms with Crippen LogP contribution in [0.15, 0.2) is 30.3 Å². The van der Waals surface area contributed by atoms with Crippen LogP contribution in [-0.2, 0) is 9.53 Å². The van der Waals surface area contributed by atoms with E-state index in [9.17, 15) is 9.90 Å². The van der Waals surface area contributed by atoms with Crippen molar-refractivity contribution in [2.75, 3.05) is 0 Å². The lowest BCUT2D eigenvalue weighted by Gasteiger charge is -2.59. The molecule has 6 rings (SSSR count). The Kier molecular flexibility index (Phi) is 4.63. The summed E-state index contributed by atoms with van der Waals surface area (Å²) in [7, 11) is 0. The van der Waals surface area contributed by atoms with E-state index in [1.807, 2.05) is 24.3 Å². The van der Waals surface area contributed by atoms with Gasteiger partial charge in [-0.05, 0) is 92.2 Å². The number of hydrogen-bond donors (Lipinski definition) is 1. The van der Waals surface area contributed by atoms with Crippen LogP contribution < -0.4 is 0 Å². The summed E-state index contributed by atoms with van der Waals surface area (Å²) in [5.41, 5.74) is 2.63. The minimum Gasteiger partial charge on any atom is -0.393 e. The van der Waals surface area contributed by atoms with Crippen LogP contribution in [0.3, 0.4) is 0 Å². The lowest BCUT2D eigenvalue weighted by molar-refractivity contribution is -0.131. The molecule has 3 heteroatoms. The molecule has 5 aliphatic rings. The summed E-state index contributed by atoms with van der Waals surface area (Å²) in [5.74, 6) is 2.47. The molecule has 4 aliphatic carbocycles. The Morgan fingerprint density at radius 2 is 1.91 bits per heavy atom. The summed E-state index contributed by atoms with van der Waals surface area (Å²) >= 11 is 0. The lowest BCUT2D eigenvalue weighted by Crippen LogP contribution is -2.58. The summed E-state index contributed by atoms with van der Waals surface area (Å²) in [6.07, 6.45) is 12.6. The van der Waals surface area contributed by atoms with Crippen molar-refractivity contribution in [2.45, 2.75) is 89.9 Å². The molecular weight excluding hydrogens is 396 g/mol. The standard InChI is InChI=1S/C29H38O3/c1-18-6-4-5-7-19(18)8-11-25(31)24-10-9-22-21-16-26-29(32-26)17-20(30)12-15-28(29,3)23(21)13-14-27(22,24)2/h4-8,11,20-24,26,30H,9-10,12-17H2,1-3H3/b11-8+/t20-,21-,22-,23-,24+,26-,27-,28+,29-/m0/s1. The maximum atomic E-state index is 13.4. The number of hydrogen-bond acceptors (Lipinski definition) is 3. The van der Waals surface area contributed by atoms with Gasteiger partial charge in [0, 0.05) is 17.8 Å². The van der Waals surface area contributed by atoms with Gasteiger partial charge in [-0.2, -0.15) is 0 Å². The van der Waals surface area contributed by atoms with Crippen LogP contribution in [0.4, 0.5) is 0 Å². The highest BCUT2D eigenvalue weighted by molar-refractivity contribution is 5.96. The summed E-state index contributed by atoms with van der Waals surface area (Å²) in [6, 6.07) is 8.28. The quantitative estimate of drug-likeness (QED) is 0.488. The molecule has 9 atom stereocenters. The minimum absolute atomic E-state index is 0.0519. The van der Waals surface area contributed by atoms with E-state index >= 15 is 0 Å². The van der Waals surface area contributed by atoms with E-state index in [0.717, 1.165) is 44.1 Å². The second-order valence-electron chi connectivity index (χ2n) is 12.2. The predicted octanol–water partition coefficient (Wildman–Crippen LogP) is 5.73. The molecule has 4 saturated carbocycles. The fourth-order valence-electron chi connectivity index (χ4n) is 9.19. The number of rotatable bonds is 3. The second kappa shape index (κ2) is 7.03. The first kappa shape index (κ1) is 21.1. The molecule has 1 aromatic carbocycles. The Balaban J connectivity index is 1.24. The molecule has 5 fully saturated rings. The van der Waals surface area contributed by atoms with Crippen molar-refractivity contribution in [2.24, 2.45) is 34.5 Å². The molecule has 1 N–H and O–H groups in total. The Labute approximate surface area is 192 Å². The van der Waals surface area contributed by atoms with Gasteiger partial charge in [0.15, 0.2) is 5.78 Å². The van der Waals surface area contributed by atoms with Gasteiger partial charge in [-0.25, -0.2) is 0 Å². The van der Waals surface area contributed by atoms with Gasteiger partial charge in [-0.3, -0.25) is 4.79 Å². The SMILES string of the molecule is Cc1ccccc1/C=C/C(=O)[C@H]1CC[C@H]2[C@@H]3C[C@@H]4O[C@@]45C[C@@H](O)CC[C@]5(C)[C@H]3CC[C@]12C. The van der Waals surface area contributed by atoms with Gasteiger partial charge in [-0.1, -0.05) is 44.2 Å². The smallest absolute Gasteiger partial charge is 0.159 e. The van der Waals surface area contributed by atoms with Crippen molar-refractivity contribution in [1.82, 2.24) is 0 Å². The molecule has 1 aliphatic heterocycles. The third-order valence-corrected chi connectivity index (χ3v) is 11.0. The first-order valence-corrected chi connectivity index (χ1v) is 12.9. The van der Waals surface area contributed by atoms with Gasteiger partial charge in [0.25, 0.3) is 0 Å². The number of benzene rings is 1. The average Bonchev–Trinajstić information content (AvgIpc) is 3.34. The summed E-state index contributed by atoms with van der Waals surface area (Å²) < 4.78 is 6.45. The number of carbonyl (C=O) groups is 1. The van der Waals surface area contributed by atoms with Crippen LogP contribution in [-0.4, -0.2) is 28.7 Å². The van der Waals surface area contributed by atoms with Crippen LogP contribution in [0, 0.1) is 41.4 Å². The monoisotopic (exact) mass is 434 g/mol. The summed E-state index contributed by atoms with van der Waals surface area (Å²) in [5, 5.41) is 10.4. The fraction of sp³-hybridized carbons (Fsp3) is 0.690. The van der Waals surface area contributed by atoms with E-state index in [0.29, 0.717) is 29.6 Å². The highest BCUT2D eigenvalue weighted by Gasteiger charge is 2.76. The zero-order valence-electron chi connectivity index (χ0n) is 19.8. The van der Waals surface area contributed by atoms with Crippen LogP contribution in [0.5, 0.6) is 0 Å². The number of ether oxygens (including phenoxy) is 1. The highest BCUT2D eigenvalue weighted by atomic mass is 16.6. The number of aliphatic hydroxyl groups is 1. The van der Waals surface area contributed by atoms with Crippen molar-refractivity contribution in [3.8, 4) is 0 Å². The molecule has 172 valence electrons. The number of carbonyl (C=O) groups excluding carboxylic acids is 1. The summed E-state index contributed by atoms with van der Waals surface area (Å²) in [6.45, 7) is 7.00. The largest absolute Gasteiger partial charge is 0.393 e. The number of epoxide rings is 1. The van der Waals surface area contributed by atoms with Gasteiger partial charge in [0.05, 0.1) is 12.2 Å². The number of allylic oxidation sites excluding steroid dienone is 1. The van der Waals surface area contributed by atoms with Crippen LogP contribution in [0.2, 0.25) is 0 Å². The van der Waals surface area contributed by atoms with Gasteiger partial charge >= 0.3 is 0 Å². The van der Waals surface area contributed by atoms with Crippen molar-refractivity contribution < 1.29 is 14.6 Å². The topological polar surface area (TPSA) is 49.8 Å². The maximum Gasteiger partial charge on any atom is 0.159 e. The lowest BCUT2D eigenvalue weighted by atomic mass is 9.44. The van der Waals surface area contributed by atoms with Crippen LogP contribution in [0.1, 0.15) is 76.3 Å². The zero-order valence-corrected chi connectivity index (χ0v) is 19.8. The molecular formula is C29H38O3. The fourth-order valence-corrected chi connectivity index (χ4v) is 9.19. The number of fused-ring (bicyclic) bond motifs is 4. The van der Waals surface area contributed by atoms with Crippen molar-refractivity contribution in [3.05, 3.63) is 41.5 Å². The third-order valence-electron chi connectivity index (χ3n) is 11.0. The predicted molar refractivity (Wildman–Crippen MR) is 126 cm³/mol. The van der Waals surface area contributed by atoms with Crippen molar-refractivity contribution in [3.63, 3.8) is 0 Å². The molecule has 32 heavy (non-hydrogen) atoms. The van der Waals surface area contributed by atoms with E-state index in [1.54, 1.807) is 0 Å². The molecule has 0 amide bonds. The first-order valence-electron chi connectivity index (χ1n) is 12.9. The van der Waals surface area contributed by atoms with E-state index in [4.69, 9.17) is 4.74 Å². The molecule has 1 heterocycles. The first-order chi connectivity index (χ1) is 15.3. The molecule has 1 saturated heterocycles. The van der Waals surface area contributed by atoms with Gasteiger partial charge in [0.2, 0.25) is 0 Å². The van der Waals surface area contributed by atoms with Crippen LogP contribution >= 0.6 is 0 Å². The van der Waals surface area contributed by atoms with E-state index in [-0.39, 0.29) is 28.5 Å². The summed E-state index contributed by atoms with van der Waals surface area (Å²) in [4.78, 5) is 13.4. The van der Waals surface area contributed by atoms with Crippen molar-refractivity contribution >= 4 is 11.9 Å². The number of ketones is 1. The van der Waals surface area contributed by atoms with Gasteiger partial charge in [0.1, 0.15) is 5.60 Å². The molecule has 0 unspecified atom stereocenters. The van der Waals surface area contributed by atoms with Crippen LogP contribution in [0.25, 0.3) is 6.08 Å². The Hall–Kier alpha value is -1.45. The maximum absolute atomic E-state index is 13.4. The Morgan fingerprint density at radius 3 is 2.72 bits per heavy atom. The molecule has 0 aromatic heterocycles. The minimum atomic E-state index is -0.188. The van der Waals surface area contributed by atoms with E-state index < -0.39 is 0 Å². The van der Waals surface area contributed by atoms with Crippen molar-refractivity contribution in [1.29, 1.82) is 0 Å². The molecule has 0 bridgehead atoms. The Morgan fingerprint density at radius 1 is 1.09 bits per heavy atom. The van der Waals surface area contributed by atoms with E-state index in [2.05, 4.69) is 32.9 Å². The van der Waals surface area contributed by atoms with Gasteiger partial charge in [-0.15, -0.1) is 0 Å². The number of aryl methyl sites for hydroxylation is 1. The zero-order chi connectivity index (χ0) is 22.3.